The van der Waals surface area contributed by atoms with Gasteiger partial charge in [-0.1, -0.05) is 135 Å². The zero-order valence-corrected chi connectivity index (χ0v) is 28.4. The third-order valence-corrected chi connectivity index (χ3v) is 9.00. The fourth-order valence-corrected chi connectivity index (χ4v) is 6.07. The number of allylic oxidation sites excluding steroid dienone is 19. The van der Waals surface area contributed by atoms with Crippen LogP contribution in [-0.4, -0.2) is 30.2 Å². The molecule has 0 radical (unpaired) electrons. The lowest BCUT2D eigenvalue weighted by Gasteiger charge is -2.35. The van der Waals surface area contributed by atoms with Gasteiger partial charge < -0.3 is 9.84 Å². The van der Waals surface area contributed by atoms with Crippen LogP contribution in [-0.2, 0) is 9.53 Å². The first-order valence-electron chi connectivity index (χ1n) is 15.7. The number of ether oxygens (including phenoxy) is 1. The summed E-state index contributed by atoms with van der Waals surface area (Å²) in [5.41, 5.74) is 6.83. The standard InChI is InChI=1S/C40H56O3/c1-29(17-13-19-31(3)21-23-37-33(5)25-35(41)27-39(37,7)8)15-11-12-16-30(2)18-14-20-32(4)22-24-38(42)40(9)28-36(43-10)26-34(40)6/h11-24,34-36,41H,25-28H2,1-10H3/b12-11+,17-13+,18-14+,23-21+,24-22+,29-15+,30-16+,31-19+,32-20+/t34-,35?,36?,40?/m1/s1. The first-order valence-corrected chi connectivity index (χ1v) is 15.7. The van der Waals surface area contributed by atoms with E-state index in [0.29, 0.717) is 5.92 Å². The summed E-state index contributed by atoms with van der Waals surface area (Å²) in [5.74, 6) is 0.509. The highest BCUT2D eigenvalue weighted by Gasteiger charge is 2.45. The lowest BCUT2D eigenvalue weighted by Crippen LogP contribution is -2.29. The molecule has 0 saturated heterocycles. The maximum Gasteiger partial charge on any atom is 0.161 e. The molecule has 3 heteroatoms. The van der Waals surface area contributed by atoms with Crippen LogP contribution in [0.3, 0.4) is 0 Å². The van der Waals surface area contributed by atoms with Crippen molar-refractivity contribution in [3.05, 3.63) is 119 Å². The van der Waals surface area contributed by atoms with Gasteiger partial charge in [-0.05, 0) is 83.3 Å². The van der Waals surface area contributed by atoms with Gasteiger partial charge in [0.05, 0.1) is 12.2 Å². The Bertz CT molecular complexity index is 1280. The summed E-state index contributed by atoms with van der Waals surface area (Å²) >= 11 is 0. The highest BCUT2D eigenvalue weighted by atomic mass is 16.5. The number of carbonyl (C=O) groups is 1. The minimum absolute atomic E-state index is 0.00125. The molecule has 43 heavy (non-hydrogen) atoms. The van der Waals surface area contributed by atoms with Crippen LogP contribution in [0.2, 0.25) is 0 Å². The second-order valence-electron chi connectivity index (χ2n) is 13.5. The largest absolute Gasteiger partial charge is 0.393 e. The molecule has 3 nitrogen and oxygen atoms in total. The van der Waals surface area contributed by atoms with Gasteiger partial charge in [0.25, 0.3) is 0 Å². The van der Waals surface area contributed by atoms with Gasteiger partial charge in [-0.25, -0.2) is 0 Å². The second-order valence-corrected chi connectivity index (χ2v) is 13.5. The number of aliphatic hydroxyl groups excluding tert-OH is 1. The number of ketones is 1. The van der Waals surface area contributed by atoms with E-state index in [1.54, 1.807) is 13.2 Å². The molecule has 2 aliphatic carbocycles. The Kier molecular flexibility index (Phi) is 14.1. The van der Waals surface area contributed by atoms with Crippen LogP contribution in [0.4, 0.5) is 0 Å². The van der Waals surface area contributed by atoms with E-state index in [0.717, 1.165) is 36.8 Å². The molecule has 2 aliphatic rings. The van der Waals surface area contributed by atoms with Crippen molar-refractivity contribution in [3.63, 3.8) is 0 Å². The van der Waals surface area contributed by atoms with Crippen LogP contribution in [0.25, 0.3) is 0 Å². The first-order chi connectivity index (χ1) is 20.2. The molecule has 1 N–H and O–H groups in total. The molecule has 0 spiro atoms. The maximum atomic E-state index is 12.9. The number of hydrogen-bond donors (Lipinski definition) is 1. The average Bonchev–Trinajstić information content (AvgIpc) is 3.23. The summed E-state index contributed by atoms with van der Waals surface area (Å²) in [6, 6.07) is 0. The van der Waals surface area contributed by atoms with Crippen molar-refractivity contribution in [1.82, 2.24) is 0 Å². The van der Waals surface area contributed by atoms with Gasteiger partial charge >= 0.3 is 0 Å². The Labute approximate surface area is 262 Å². The van der Waals surface area contributed by atoms with Gasteiger partial charge in [0.1, 0.15) is 0 Å². The normalized spacial score (nSPS) is 28.2. The summed E-state index contributed by atoms with van der Waals surface area (Å²) in [5, 5.41) is 10.1. The Balaban J connectivity index is 1.87. The van der Waals surface area contributed by atoms with Crippen molar-refractivity contribution in [1.29, 1.82) is 0 Å². The van der Waals surface area contributed by atoms with Gasteiger partial charge in [0, 0.05) is 12.5 Å². The van der Waals surface area contributed by atoms with E-state index >= 15 is 0 Å². The van der Waals surface area contributed by atoms with Crippen LogP contribution in [0.5, 0.6) is 0 Å². The maximum absolute atomic E-state index is 12.9. The summed E-state index contributed by atoms with van der Waals surface area (Å²) in [6.45, 7) is 19.1. The number of aliphatic hydroxyl groups is 1. The molecule has 0 aromatic carbocycles. The van der Waals surface area contributed by atoms with Gasteiger partial charge in [0.2, 0.25) is 0 Å². The lowest BCUT2D eigenvalue weighted by molar-refractivity contribution is -0.124. The third-order valence-electron chi connectivity index (χ3n) is 9.00. The summed E-state index contributed by atoms with van der Waals surface area (Å²) in [6.07, 6.45) is 32.0. The SMILES string of the molecule is COC1C[C@@H](C)C(C)(C(=O)/C=C/C(C)=C/C=C/C(C)=C/C=C/C=C(C)/C=C/C=C(C)/C=C/C2=C(C)CC(O)CC2(C)C)C1. The smallest absolute Gasteiger partial charge is 0.161 e. The van der Waals surface area contributed by atoms with Gasteiger partial charge in [-0.2, -0.15) is 0 Å². The van der Waals surface area contributed by atoms with Crippen molar-refractivity contribution in [2.75, 3.05) is 7.11 Å². The highest BCUT2D eigenvalue weighted by Crippen LogP contribution is 2.45. The van der Waals surface area contributed by atoms with Crippen LogP contribution in [0.15, 0.2) is 119 Å². The molecule has 1 fully saturated rings. The van der Waals surface area contributed by atoms with E-state index in [4.69, 9.17) is 4.74 Å². The molecule has 0 bridgehead atoms. The number of methoxy groups -OCH3 is 1. The molecule has 234 valence electrons. The van der Waals surface area contributed by atoms with Crippen LogP contribution in [0.1, 0.15) is 88.0 Å². The first kappa shape index (κ1) is 36.2. The van der Waals surface area contributed by atoms with E-state index in [1.807, 2.05) is 31.2 Å². The molecule has 0 aromatic rings. The van der Waals surface area contributed by atoms with E-state index in [9.17, 15) is 9.90 Å². The molecule has 0 aromatic heterocycles. The van der Waals surface area contributed by atoms with Crippen molar-refractivity contribution < 1.29 is 14.6 Å². The molecular weight excluding hydrogens is 528 g/mol. The van der Waals surface area contributed by atoms with E-state index in [-0.39, 0.29) is 28.8 Å². The number of rotatable bonds is 12. The molecule has 2 rings (SSSR count). The van der Waals surface area contributed by atoms with Crippen LogP contribution in [0, 0.1) is 16.7 Å². The minimum atomic E-state index is -0.343. The fourth-order valence-electron chi connectivity index (χ4n) is 6.07. The monoisotopic (exact) mass is 584 g/mol. The lowest BCUT2D eigenvalue weighted by atomic mass is 9.71. The molecule has 0 amide bonds. The highest BCUT2D eigenvalue weighted by molar-refractivity contribution is 5.95. The topological polar surface area (TPSA) is 46.5 Å². The van der Waals surface area contributed by atoms with Crippen molar-refractivity contribution >= 4 is 5.78 Å². The molecular formula is C40H56O3. The fraction of sp³-hybridized carbons (Fsp3) is 0.475. The predicted molar refractivity (Wildman–Crippen MR) is 185 cm³/mol. The molecule has 3 unspecified atom stereocenters. The van der Waals surface area contributed by atoms with E-state index in [2.05, 4.69) is 110 Å². The van der Waals surface area contributed by atoms with E-state index < -0.39 is 0 Å². The molecule has 1 saturated carbocycles. The predicted octanol–water partition coefficient (Wildman–Crippen LogP) is 10.1. The Morgan fingerprint density at radius 1 is 0.791 bits per heavy atom. The van der Waals surface area contributed by atoms with Crippen molar-refractivity contribution in [2.24, 2.45) is 16.7 Å². The Hall–Kier alpha value is -3.01. The van der Waals surface area contributed by atoms with E-state index in [1.165, 1.54) is 22.3 Å². The Morgan fingerprint density at radius 2 is 1.30 bits per heavy atom. The molecule has 4 atom stereocenters. The molecule has 0 heterocycles. The zero-order valence-electron chi connectivity index (χ0n) is 28.4. The summed E-state index contributed by atoms with van der Waals surface area (Å²) in [4.78, 5) is 12.9. The van der Waals surface area contributed by atoms with Crippen LogP contribution >= 0.6 is 0 Å². The van der Waals surface area contributed by atoms with Gasteiger partial charge in [-0.15, -0.1) is 0 Å². The van der Waals surface area contributed by atoms with Gasteiger partial charge in [-0.3, -0.25) is 4.79 Å². The zero-order chi connectivity index (χ0) is 32.2. The average molecular weight is 585 g/mol. The minimum Gasteiger partial charge on any atom is -0.393 e. The quantitative estimate of drug-likeness (QED) is 0.183. The number of carbonyl (C=O) groups excluding carboxylic acids is 1. The van der Waals surface area contributed by atoms with Crippen molar-refractivity contribution in [3.8, 4) is 0 Å². The van der Waals surface area contributed by atoms with Gasteiger partial charge in [0.15, 0.2) is 5.78 Å². The second kappa shape index (κ2) is 16.7. The molecule has 0 aliphatic heterocycles. The van der Waals surface area contributed by atoms with Crippen molar-refractivity contribution in [2.45, 2.75) is 100 Å². The Morgan fingerprint density at radius 3 is 1.81 bits per heavy atom. The summed E-state index contributed by atoms with van der Waals surface area (Å²) in [7, 11) is 1.73. The third kappa shape index (κ3) is 11.5. The van der Waals surface area contributed by atoms with Crippen LogP contribution < -0.4 is 0 Å². The number of hydrogen-bond acceptors (Lipinski definition) is 3. The summed E-state index contributed by atoms with van der Waals surface area (Å²) < 4.78 is 5.51.